The molecule has 3 rings (SSSR count). The zero-order chi connectivity index (χ0) is 20.6. The minimum atomic E-state index is 0. The van der Waals surface area contributed by atoms with E-state index in [1.165, 1.54) is 63.7 Å². The lowest BCUT2D eigenvalue weighted by Gasteiger charge is -2.33. The molecule has 5 heteroatoms. The van der Waals surface area contributed by atoms with Crippen molar-refractivity contribution >= 4 is 11.4 Å². The number of ether oxygens (including phenoxy) is 1. The quantitative estimate of drug-likeness (QED) is 0.521. The zero-order valence-corrected chi connectivity index (χ0v) is 18.4. The average molecular weight is 396 g/mol. The van der Waals surface area contributed by atoms with Crippen molar-refractivity contribution < 1.29 is 11.3 Å². The number of anilines is 2. The van der Waals surface area contributed by atoms with Crippen LogP contribution in [0.25, 0.3) is 0 Å². The number of aliphatic hydroxyl groups is 1. The third-order valence-corrected chi connectivity index (χ3v) is 5.52. The third-order valence-electron chi connectivity index (χ3n) is 5.52. The van der Waals surface area contributed by atoms with Crippen molar-refractivity contribution in [1.82, 2.24) is 4.90 Å². The fourth-order valence-corrected chi connectivity index (χ4v) is 3.52. The molecule has 1 aromatic carbocycles. The van der Waals surface area contributed by atoms with Crippen molar-refractivity contribution in [2.75, 3.05) is 57.3 Å². The molecule has 0 unspecified atom stereocenters. The van der Waals surface area contributed by atoms with Crippen LogP contribution < -0.4 is 10.6 Å². The summed E-state index contributed by atoms with van der Waals surface area (Å²) in [7, 11) is 1.00. The normalized spacial score (nSPS) is 17.5. The molecule has 0 aliphatic carbocycles. The number of benzene rings is 1. The number of nitrogens with two attached hydrogens (primary N) is 1. The summed E-state index contributed by atoms with van der Waals surface area (Å²) in [6.45, 7) is 10.9. The van der Waals surface area contributed by atoms with Gasteiger partial charge < -0.3 is 20.5 Å². The van der Waals surface area contributed by atoms with E-state index < -0.39 is 0 Å². The van der Waals surface area contributed by atoms with Crippen LogP contribution in [0.2, 0.25) is 0 Å². The molecule has 2 saturated heterocycles. The van der Waals surface area contributed by atoms with Gasteiger partial charge in [-0.05, 0) is 62.3 Å². The molecular formula is C23H45N3O2. The van der Waals surface area contributed by atoms with Gasteiger partial charge >= 0.3 is 0 Å². The topological polar surface area (TPSA) is 62.0 Å². The van der Waals surface area contributed by atoms with Gasteiger partial charge in [-0.25, -0.2) is 0 Å². The van der Waals surface area contributed by atoms with Crippen molar-refractivity contribution in [2.24, 2.45) is 5.92 Å². The lowest BCUT2D eigenvalue weighted by Crippen LogP contribution is -2.34. The van der Waals surface area contributed by atoms with E-state index in [4.69, 9.17) is 15.6 Å². The molecular weight excluding hydrogens is 350 g/mol. The van der Waals surface area contributed by atoms with Crippen molar-refractivity contribution in [3.8, 4) is 0 Å². The monoisotopic (exact) mass is 395 g/mol. The second kappa shape index (κ2) is 15.6. The Hall–Kier alpha value is -1.30. The smallest absolute Gasteiger partial charge is 0.0990 e. The first kappa shape index (κ1) is 24.7. The zero-order valence-electron chi connectivity index (χ0n) is 18.4. The fraction of sp³-hybridized carbons (Fsp3) is 0.739. The number of aliphatic hydroxyl groups excluding tert-OH is 1. The summed E-state index contributed by atoms with van der Waals surface area (Å²) in [4.78, 5) is 4.89. The van der Waals surface area contributed by atoms with Gasteiger partial charge in [0.05, 0.1) is 6.73 Å². The first-order chi connectivity index (χ1) is 13.7. The maximum Gasteiger partial charge on any atom is 0.0990 e. The van der Waals surface area contributed by atoms with Crippen LogP contribution in [-0.4, -0.2) is 56.6 Å². The van der Waals surface area contributed by atoms with E-state index in [0.29, 0.717) is 0 Å². The van der Waals surface area contributed by atoms with Gasteiger partial charge in [-0.2, -0.15) is 0 Å². The number of hydrogen-bond acceptors (Lipinski definition) is 5. The van der Waals surface area contributed by atoms with E-state index in [-0.39, 0.29) is 1.43 Å². The van der Waals surface area contributed by atoms with E-state index in [1.807, 2.05) is 12.1 Å². The minimum absolute atomic E-state index is 0. The molecule has 0 spiro atoms. The Kier molecular flexibility index (Phi) is 13.8. The van der Waals surface area contributed by atoms with E-state index in [1.54, 1.807) is 0 Å². The Balaban J connectivity index is 0.00000100. The first-order valence-electron chi connectivity index (χ1n) is 11.1. The molecule has 0 amide bonds. The van der Waals surface area contributed by atoms with Gasteiger partial charge in [0.1, 0.15) is 0 Å². The molecule has 0 aromatic heterocycles. The van der Waals surface area contributed by atoms with Gasteiger partial charge in [0, 0.05) is 52.7 Å². The molecule has 0 bridgehead atoms. The van der Waals surface area contributed by atoms with Gasteiger partial charge in [-0.15, -0.1) is 0 Å². The summed E-state index contributed by atoms with van der Waals surface area (Å²) >= 11 is 0. The number of nitrogens with zero attached hydrogens (tertiary/aromatic N) is 2. The molecule has 2 aliphatic rings. The van der Waals surface area contributed by atoms with Gasteiger partial charge in [0.2, 0.25) is 0 Å². The molecule has 2 aliphatic heterocycles. The molecule has 5 nitrogen and oxygen atoms in total. The Morgan fingerprint density at radius 2 is 1.57 bits per heavy atom. The van der Waals surface area contributed by atoms with E-state index in [2.05, 4.69) is 35.8 Å². The Morgan fingerprint density at radius 1 is 1.00 bits per heavy atom. The molecule has 0 radical (unpaired) electrons. The van der Waals surface area contributed by atoms with Crippen LogP contribution in [0.5, 0.6) is 0 Å². The van der Waals surface area contributed by atoms with Gasteiger partial charge in [0.15, 0.2) is 0 Å². The summed E-state index contributed by atoms with van der Waals surface area (Å²) < 4.78 is 5.84. The summed E-state index contributed by atoms with van der Waals surface area (Å²) in [6, 6.07) is 8.25. The third kappa shape index (κ3) is 9.76. The second-order valence-electron chi connectivity index (χ2n) is 7.67. The highest BCUT2D eigenvalue weighted by atomic mass is 16.5. The van der Waals surface area contributed by atoms with Gasteiger partial charge in [0.25, 0.3) is 0 Å². The molecule has 0 saturated carbocycles. The lowest BCUT2D eigenvalue weighted by molar-refractivity contribution is 0.0334. The van der Waals surface area contributed by atoms with E-state index in [0.717, 1.165) is 45.1 Å². The highest BCUT2D eigenvalue weighted by molar-refractivity contribution is 5.53. The van der Waals surface area contributed by atoms with Crippen LogP contribution in [0.1, 0.15) is 60.2 Å². The highest BCUT2D eigenvalue weighted by Crippen LogP contribution is 2.25. The maximum absolute atomic E-state index is 7.00. The molecule has 0 atom stereocenters. The second-order valence-corrected chi connectivity index (χ2v) is 7.67. The standard InChI is InChI=1S/C18H29N3O.C4H10.CH4O.H2/c19-17-3-5-18(6-4-17)21-12-7-16(8-13-21)9-14-22-15-20-10-1-2-11-20;1-3-4-2;1-2;/h3-6,16H,1-2,7-15,19H2;3-4H2,1-2H3;2H,1H3;1H. The molecule has 1 aromatic rings. The largest absolute Gasteiger partial charge is 0.400 e. The maximum atomic E-state index is 7.00. The molecule has 2 heterocycles. The van der Waals surface area contributed by atoms with Crippen LogP contribution in [-0.2, 0) is 4.74 Å². The Bertz CT molecular complexity index is 472. The number of likely N-dealkylation sites (tertiary alicyclic amines) is 1. The van der Waals surface area contributed by atoms with Crippen LogP contribution >= 0.6 is 0 Å². The van der Waals surface area contributed by atoms with Crippen LogP contribution in [0, 0.1) is 5.92 Å². The van der Waals surface area contributed by atoms with E-state index >= 15 is 0 Å². The predicted molar refractivity (Wildman–Crippen MR) is 123 cm³/mol. The fourth-order valence-electron chi connectivity index (χ4n) is 3.52. The lowest BCUT2D eigenvalue weighted by atomic mass is 9.93. The van der Waals surface area contributed by atoms with Crippen LogP contribution in [0.3, 0.4) is 0 Å². The average Bonchev–Trinajstić information content (AvgIpc) is 3.27. The summed E-state index contributed by atoms with van der Waals surface area (Å²) in [6.07, 6.45) is 9.08. The number of unbranched alkanes of at least 4 members (excludes halogenated alkanes) is 1. The van der Waals surface area contributed by atoms with Crippen molar-refractivity contribution in [3.63, 3.8) is 0 Å². The number of nitrogen functional groups attached to an aromatic ring is 1. The molecule has 3 N–H and O–H groups in total. The van der Waals surface area contributed by atoms with Crippen molar-refractivity contribution in [1.29, 1.82) is 0 Å². The Morgan fingerprint density at radius 3 is 2.11 bits per heavy atom. The highest BCUT2D eigenvalue weighted by Gasteiger charge is 2.19. The Labute approximate surface area is 174 Å². The number of piperidine rings is 1. The summed E-state index contributed by atoms with van der Waals surface area (Å²) in [5, 5.41) is 7.00. The molecule has 28 heavy (non-hydrogen) atoms. The summed E-state index contributed by atoms with van der Waals surface area (Å²) in [5.74, 6) is 0.823. The predicted octanol–water partition coefficient (Wildman–Crippen LogP) is 4.61. The molecule has 2 fully saturated rings. The first-order valence-corrected chi connectivity index (χ1v) is 11.1. The van der Waals surface area contributed by atoms with Gasteiger partial charge in [-0.3, -0.25) is 4.90 Å². The minimum Gasteiger partial charge on any atom is -0.400 e. The van der Waals surface area contributed by atoms with Crippen LogP contribution in [0.15, 0.2) is 24.3 Å². The SMILES string of the molecule is CCCC.CO.Nc1ccc(N2CCC(CCOCN3CCCC3)CC2)cc1.[HH]. The van der Waals surface area contributed by atoms with E-state index in [9.17, 15) is 0 Å². The van der Waals surface area contributed by atoms with Crippen molar-refractivity contribution in [2.45, 2.75) is 58.8 Å². The molecule has 164 valence electrons. The van der Waals surface area contributed by atoms with Crippen LogP contribution in [0.4, 0.5) is 11.4 Å². The van der Waals surface area contributed by atoms with Crippen molar-refractivity contribution in [3.05, 3.63) is 24.3 Å². The van der Waals surface area contributed by atoms with Gasteiger partial charge in [-0.1, -0.05) is 26.7 Å². The number of hydrogen-bond donors (Lipinski definition) is 2. The number of rotatable bonds is 7. The summed E-state index contributed by atoms with van der Waals surface area (Å²) in [5.41, 5.74) is 7.90.